The molecule has 18 heavy (non-hydrogen) atoms. The lowest BCUT2D eigenvalue weighted by Gasteiger charge is -2.12. The summed E-state index contributed by atoms with van der Waals surface area (Å²) in [5.41, 5.74) is 7.10. The molecule has 0 bridgehead atoms. The molecule has 2 unspecified atom stereocenters. The molecule has 1 aromatic rings. The highest BCUT2D eigenvalue weighted by Gasteiger charge is 2.05. The predicted octanol–water partition coefficient (Wildman–Crippen LogP) is 3.03. The maximum Gasteiger partial charge on any atom is 0.119 e. The highest BCUT2D eigenvalue weighted by molar-refractivity contribution is 5.30. The van der Waals surface area contributed by atoms with Crippen LogP contribution in [-0.2, 0) is 0 Å². The smallest absolute Gasteiger partial charge is 0.119 e. The molecule has 3 heteroatoms. The normalized spacial score (nSPS) is 14.2. The second-order valence-corrected chi connectivity index (χ2v) is 4.64. The molecule has 0 aliphatic carbocycles. The van der Waals surface area contributed by atoms with E-state index in [2.05, 4.69) is 6.92 Å². The Balaban J connectivity index is 2.38. The highest BCUT2D eigenvalue weighted by atomic mass is 16.5. The van der Waals surface area contributed by atoms with Crippen LogP contribution in [0.25, 0.3) is 0 Å². The lowest BCUT2D eigenvalue weighted by atomic mass is 10.1. The molecule has 0 fully saturated rings. The highest BCUT2D eigenvalue weighted by Crippen LogP contribution is 2.20. The van der Waals surface area contributed by atoms with Crippen LogP contribution < -0.4 is 10.5 Å². The molecule has 0 heterocycles. The average molecular weight is 251 g/mol. The van der Waals surface area contributed by atoms with Crippen molar-refractivity contribution in [2.45, 2.75) is 51.7 Å². The Morgan fingerprint density at radius 3 is 2.72 bits per heavy atom. The third-order valence-corrected chi connectivity index (χ3v) is 3.15. The van der Waals surface area contributed by atoms with Gasteiger partial charge in [-0.1, -0.05) is 26.0 Å². The monoisotopic (exact) mass is 251 g/mol. The van der Waals surface area contributed by atoms with Crippen LogP contribution in [0.15, 0.2) is 24.3 Å². The summed E-state index contributed by atoms with van der Waals surface area (Å²) in [6, 6.07) is 8.03. The molecule has 0 amide bonds. The van der Waals surface area contributed by atoms with Crippen molar-refractivity contribution in [3.05, 3.63) is 29.8 Å². The van der Waals surface area contributed by atoms with Gasteiger partial charge in [0.05, 0.1) is 12.7 Å². The van der Waals surface area contributed by atoms with Gasteiger partial charge in [0, 0.05) is 6.04 Å². The summed E-state index contributed by atoms with van der Waals surface area (Å²) in [4.78, 5) is 0. The Bertz CT molecular complexity index is 341. The average Bonchev–Trinajstić information content (AvgIpc) is 2.42. The molecule has 0 aliphatic heterocycles. The minimum absolute atomic E-state index is 0.0791. The summed E-state index contributed by atoms with van der Waals surface area (Å²) < 4.78 is 5.67. The summed E-state index contributed by atoms with van der Waals surface area (Å²) in [6.45, 7) is 4.70. The van der Waals surface area contributed by atoms with Gasteiger partial charge in [-0.05, 0) is 43.4 Å². The Kier molecular flexibility index (Phi) is 6.76. The Morgan fingerprint density at radius 1 is 1.28 bits per heavy atom. The zero-order chi connectivity index (χ0) is 13.4. The van der Waals surface area contributed by atoms with E-state index in [4.69, 9.17) is 10.5 Å². The van der Waals surface area contributed by atoms with E-state index in [1.807, 2.05) is 31.2 Å². The van der Waals surface area contributed by atoms with E-state index in [1.165, 1.54) is 0 Å². The van der Waals surface area contributed by atoms with Crippen molar-refractivity contribution in [3.63, 3.8) is 0 Å². The largest absolute Gasteiger partial charge is 0.494 e. The van der Waals surface area contributed by atoms with Crippen LogP contribution in [0.1, 0.15) is 51.1 Å². The summed E-state index contributed by atoms with van der Waals surface area (Å²) in [6.07, 6.45) is 3.20. The summed E-state index contributed by atoms with van der Waals surface area (Å²) in [7, 11) is 0. The maximum atomic E-state index is 9.43. The Hall–Kier alpha value is -1.06. The third-order valence-electron chi connectivity index (χ3n) is 3.15. The number of hydrogen-bond donors (Lipinski definition) is 2. The van der Waals surface area contributed by atoms with E-state index in [1.54, 1.807) is 0 Å². The molecule has 0 saturated carbocycles. The van der Waals surface area contributed by atoms with Crippen molar-refractivity contribution in [1.29, 1.82) is 0 Å². The molecule has 0 aliphatic rings. The van der Waals surface area contributed by atoms with Crippen LogP contribution in [-0.4, -0.2) is 17.8 Å². The summed E-state index contributed by atoms with van der Waals surface area (Å²) in [5, 5.41) is 9.43. The van der Waals surface area contributed by atoms with E-state index in [-0.39, 0.29) is 12.1 Å². The second-order valence-electron chi connectivity index (χ2n) is 4.64. The van der Waals surface area contributed by atoms with Gasteiger partial charge in [0.25, 0.3) is 0 Å². The molecule has 1 rings (SSSR count). The zero-order valence-electron chi connectivity index (χ0n) is 11.4. The Morgan fingerprint density at radius 2 is 2.06 bits per heavy atom. The lowest BCUT2D eigenvalue weighted by Crippen LogP contribution is -2.09. The van der Waals surface area contributed by atoms with Crippen LogP contribution in [0.2, 0.25) is 0 Å². The van der Waals surface area contributed by atoms with Crippen LogP contribution >= 0.6 is 0 Å². The van der Waals surface area contributed by atoms with Gasteiger partial charge < -0.3 is 15.6 Å². The number of ether oxygens (including phenoxy) is 1. The van der Waals surface area contributed by atoms with Gasteiger partial charge in [0.2, 0.25) is 0 Å². The molecular weight excluding hydrogens is 226 g/mol. The molecule has 0 spiro atoms. The number of aliphatic hydroxyl groups excluding tert-OH is 1. The first-order chi connectivity index (χ1) is 8.67. The topological polar surface area (TPSA) is 55.5 Å². The molecule has 2 atom stereocenters. The first kappa shape index (κ1) is 15.0. The van der Waals surface area contributed by atoms with Crippen LogP contribution in [0.4, 0.5) is 0 Å². The molecule has 1 aromatic carbocycles. The van der Waals surface area contributed by atoms with Crippen molar-refractivity contribution in [3.8, 4) is 5.75 Å². The number of aliphatic hydroxyl groups is 1. The van der Waals surface area contributed by atoms with Crippen LogP contribution in [0.3, 0.4) is 0 Å². The van der Waals surface area contributed by atoms with Crippen molar-refractivity contribution >= 4 is 0 Å². The fourth-order valence-electron chi connectivity index (χ4n) is 1.78. The van der Waals surface area contributed by atoms with E-state index < -0.39 is 0 Å². The third kappa shape index (κ3) is 5.07. The van der Waals surface area contributed by atoms with E-state index in [9.17, 15) is 5.11 Å². The van der Waals surface area contributed by atoms with E-state index >= 15 is 0 Å². The minimum Gasteiger partial charge on any atom is -0.494 e. The van der Waals surface area contributed by atoms with E-state index in [0.29, 0.717) is 6.61 Å². The molecule has 3 N–H and O–H groups in total. The summed E-state index contributed by atoms with van der Waals surface area (Å²) in [5.74, 6) is 0.863. The van der Waals surface area contributed by atoms with Gasteiger partial charge >= 0.3 is 0 Å². The SMILES string of the molecule is CCC(O)CCCOc1cccc(C(N)CC)c1. The van der Waals surface area contributed by atoms with Gasteiger partial charge in [-0.3, -0.25) is 0 Å². The van der Waals surface area contributed by atoms with Gasteiger partial charge in [0.1, 0.15) is 5.75 Å². The quantitative estimate of drug-likeness (QED) is 0.698. The fourth-order valence-corrected chi connectivity index (χ4v) is 1.78. The number of nitrogens with two attached hydrogens (primary N) is 1. The molecule has 0 saturated heterocycles. The van der Waals surface area contributed by atoms with Crippen LogP contribution in [0.5, 0.6) is 5.75 Å². The first-order valence-corrected chi connectivity index (χ1v) is 6.83. The van der Waals surface area contributed by atoms with Gasteiger partial charge in [-0.25, -0.2) is 0 Å². The number of rotatable bonds is 8. The van der Waals surface area contributed by atoms with Gasteiger partial charge in [-0.2, -0.15) is 0 Å². The first-order valence-electron chi connectivity index (χ1n) is 6.83. The number of hydrogen-bond acceptors (Lipinski definition) is 3. The van der Waals surface area contributed by atoms with Gasteiger partial charge in [0.15, 0.2) is 0 Å². The molecule has 102 valence electrons. The zero-order valence-corrected chi connectivity index (χ0v) is 11.4. The summed E-state index contributed by atoms with van der Waals surface area (Å²) >= 11 is 0. The van der Waals surface area contributed by atoms with Crippen LogP contribution in [0, 0.1) is 0 Å². The van der Waals surface area contributed by atoms with Crippen molar-refractivity contribution in [2.24, 2.45) is 5.73 Å². The maximum absolute atomic E-state index is 9.43. The minimum atomic E-state index is -0.201. The van der Waals surface area contributed by atoms with E-state index in [0.717, 1.165) is 37.0 Å². The lowest BCUT2D eigenvalue weighted by molar-refractivity contribution is 0.148. The van der Waals surface area contributed by atoms with Crippen molar-refractivity contribution < 1.29 is 9.84 Å². The van der Waals surface area contributed by atoms with Crippen molar-refractivity contribution in [2.75, 3.05) is 6.61 Å². The molecule has 3 nitrogen and oxygen atoms in total. The number of benzene rings is 1. The molecule has 0 aromatic heterocycles. The Labute approximate surface area is 110 Å². The fraction of sp³-hybridized carbons (Fsp3) is 0.600. The standard InChI is InChI=1S/C15H25NO2/c1-3-13(17)8-6-10-18-14-9-5-7-12(11-14)15(16)4-2/h5,7,9,11,13,15,17H,3-4,6,8,10,16H2,1-2H3. The molecule has 0 radical (unpaired) electrons. The predicted molar refractivity (Wildman–Crippen MR) is 74.7 cm³/mol. The molecular formula is C15H25NO2. The van der Waals surface area contributed by atoms with Crippen molar-refractivity contribution in [1.82, 2.24) is 0 Å². The van der Waals surface area contributed by atoms with Gasteiger partial charge in [-0.15, -0.1) is 0 Å². The second kappa shape index (κ2) is 8.11.